The first-order valence-electron chi connectivity index (χ1n) is 5.59. The monoisotopic (exact) mass is 324 g/mol. The van der Waals surface area contributed by atoms with Crippen molar-refractivity contribution in [3.05, 3.63) is 23.0 Å². The molecule has 106 valence electrons. The zero-order chi connectivity index (χ0) is 14.3. The molecule has 1 fully saturated rings. The van der Waals surface area contributed by atoms with Crippen molar-refractivity contribution in [2.75, 3.05) is 18.5 Å². The van der Waals surface area contributed by atoms with Crippen molar-refractivity contribution in [1.82, 2.24) is 4.72 Å². The number of nitrogen functional groups attached to an aromatic ring is 1. The second-order valence-electron chi connectivity index (χ2n) is 4.52. The van der Waals surface area contributed by atoms with Gasteiger partial charge in [-0.3, -0.25) is 0 Å². The molecule has 0 radical (unpaired) electrons. The van der Waals surface area contributed by atoms with Crippen molar-refractivity contribution >= 4 is 39.1 Å². The maximum absolute atomic E-state index is 13.8. The molecule has 0 unspecified atom stereocenters. The van der Waals surface area contributed by atoms with E-state index in [1.165, 1.54) is 6.07 Å². The van der Waals surface area contributed by atoms with Crippen LogP contribution in [0, 0.1) is 5.82 Å². The summed E-state index contributed by atoms with van der Waals surface area (Å²) in [6, 6.07) is 2.24. The zero-order valence-electron chi connectivity index (χ0n) is 10.2. The number of thioether (sulfide) groups is 1. The predicted molar refractivity (Wildman–Crippen MR) is 76.5 cm³/mol. The number of sulfonamides is 1. The van der Waals surface area contributed by atoms with E-state index < -0.39 is 20.7 Å². The van der Waals surface area contributed by atoms with Crippen molar-refractivity contribution in [3.63, 3.8) is 0 Å². The number of nitrogens with two attached hydrogens (primary N) is 1. The van der Waals surface area contributed by atoms with E-state index in [1.54, 1.807) is 11.8 Å². The molecule has 8 heteroatoms. The number of hydrogen-bond acceptors (Lipinski definition) is 4. The Labute approximate surface area is 120 Å². The third kappa shape index (κ3) is 3.16. The van der Waals surface area contributed by atoms with Crippen LogP contribution in [0.5, 0.6) is 0 Å². The first-order chi connectivity index (χ1) is 8.80. The van der Waals surface area contributed by atoms with Crippen molar-refractivity contribution in [2.24, 2.45) is 0 Å². The van der Waals surface area contributed by atoms with Crippen LogP contribution in [-0.4, -0.2) is 26.0 Å². The summed E-state index contributed by atoms with van der Waals surface area (Å²) >= 11 is 7.33. The summed E-state index contributed by atoms with van der Waals surface area (Å²) in [4.78, 5) is -0.505. The number of benzene rings is 1. The number of hydrogen-bond donors (Lipinski definition) is 2. The van der Waals surface area contributed by atoms with Crippen LogP contribution in [0.1, 0.15) is 12.8 Å². The van der Waals surface area contributed by atoms with Gasteiger partial charge in [0.25, 0.3) is 0 Å². The highest BCUT2D eigenvalue weighted by Crippen LogP contribution is 2.46. The van der Waals surface area contributed by atoms with E-state index in [4.69, 9.17) is 17.3 Å². The first kappa shape index (κ1) is 14.9. The molecule has 1 aliphatic carbocycles. The Morgan fingerprint density at radius 3 is 2.68 bits per heavy atom. The molecule has 0 heterocycles. The minimum atomic E-state index is -3.94. The van der Waals surface area contributed by atoms with Crippen LogP contribution in [0.2, 0.25) is 5.02 Å². The maximum atomic E-state index is 13.8. The van der Waals surface area contributed by atoms with E-state index in [1.807, 2.05) is 6.26 Å². The fourth-order valence-electron chi connectivity index (χ4n) is 1.68. The van der Waals surface area contributed by atoms with Crippen LogP contribution in [0.4, 0.5) is 10.1 Å². The Morgan fingerprint density at radius 1 is 1.53 bits per heavy atom. The van der Waals surface area contributed by atoms with Crippen LogP contribution in [0.15, 0.2) is 17.0 Å². The third-order valence-electron chi connectivity index (χ3n) is 3.15. The Balaban J connectivity index is 2.25. The summed E-state index contributed by atoms with van der Waals surface area (Å²) in [7, 11) is -3.94. The number of anilines is 1. The molecule has 1 aromatic rings. The van der Waals surface area contributed by atoms with E-state index in [0.29, 0.717) is 0 Å². The number of nitrogens with one attached hydrogen (secondary N) is 1. The van der Waals surface area contributed by atoms with Gasteiger partial charge in [-0.2, -0.15) is 11.8 Å². The van der Waals surface area contributed by atoms with Crippen molar-refractivity contribution in [3.8, 4) is 0 Å². The summed E-state index contributed by atoms with van der Waals surface area (Å²) in [6.45, 7) is 0.280. The highest BCUT2D eigenvalue weighted by Gasteiger charge is 2.42. The van der Waals surface area contributed by atoms with Crippen LogP contribution in [-0.2, 0) is 10.0 Å². The molecule has 1 saturated carbocycles. The smallest absolute Gasteiger partial charge is 0.243 e. The molecule has 0 saturated heterocycles. The van der Waals surface area contributed by atoms with E-state index >= 15 is 0 Å². The minimum Gasteiger partial charge on any atom is -0.396 e. The molecule has 4 nitrogen and oxygen atoms in total. The van der Waals surface area contributed by atoms with Gasteiger partial charge in [-0.05, 0) is 31.2 Å². The molecule has 0 aliphatic heterocycles. The molecular formula is C11H14ClFN2O2S2. The van der Waals surface area contributed by atoms with Crippen molar-refractivity contribution in [1.29, 1.82) is 0 Å². The van der Waals surface area contributed by atoms with E-state index in [-0.39, 0.29) is 22.0 Å². The second kappa shape index (κ2) is 5.12. The molecule has 2 rings (SSSR count). The Kier molecular flexibility index (Phi) is 4.02. The lowest BCUT2D eigenvalue weighted by Crippen LogP contribution is -2.32. The Bertz CT molecular complexity index is 603. The highest BCUT2D eigenvalue weighted by atomic mass is 35.5. The molecule has 0 bridgehead atoms. The molecule has 1 aliphatic rings. The Morgan fingerprint density at radius 2 is 2.16 bits per heavy atom. The van der Waals surface area contributed by atoms with Gasteiger partial charge in [0.1, 0.15) is 4.90 Å². The summed E-state index contributed by atoms with van der Waals surface area (Å²) in [5.74, 6) is -0.967. The molecule has 0 atom stereocenters. The average Bonchev–Trinajstić information content (AvgIpc) is 3.12. The topological polar surface area (TPSA) is 72.2 Å². The van der Waals surface area contributed by atoms with Crippen LogP contribution < -0.4 is 10.5 Å². The predicted octanol–water partition coefficient (Wildman–Crippen LogP) is 2.24. The van der Waals surface area contributed by atoms with E-state index in [2.05, 4.69) is 4.72 Å². The fourth-order valence-corrected chi connectivity index (χ4v) is 4.04. The van der Waals surface area contributed by atoms with Crippen molar-refractivity contribution in [2.45, 2.75) is 22.5 Å². The SMILES string of the molecule is CSC1(CNS(=O)(=O)c2cc(Cl)cc(N)c2F)CC1. The molecule has 19 heavy (non-hydrogen) atoms. The normalized spacial score (nSPS) is 17.4. The van der Waals surface area contributed by atoms with Crippen LogP contribution >= 0.6 is 23.4 Å². The van der Waals surface area contributed by atoms with Gasteiger partial charge in [-0.1, -0.05) is 11.6 Å². The molecule has 0 spiro atoms. The van der Waals surface area contributed by atoms with Gasteiger partial charge in [-0.25, -0.2) is 17.5 Å². The molecule has 1 aromatic carbocycles. The zero-order valence-corrected chi connectivity index (χ0v) is 12.6. The quantitative estimate of drug-likeness (QED) is 0.815. The third-order valence-corrected chi connectivity index (χ3v) is 6.18. The summed E-state index contributed by atoms with van der Waals surface area (Å²) in [5.41, 5.74) is 5.10. The molecule has 3 N–H and O–H groups in total. The molecule has 0 amide bonds. The van der Waals surface area contributed by atoms with Gasteiger partial charge >= 0.3 is 0 Å². The van der Waals surface area contributed by atoms with Gasteiger partial charge in [0.15, 0.2) is 5.82 Å². The average molecular weight is 325 g/mol. The minimum absolute atomic E-state index is 0.0480. The van der Waals surface area contributed by atoms with Gasteiger partial charge in [-0.15, -0.1) is 0 Å². The largest absolute Gasteiger partial charge is 0.396 e. The lowest BCUT2D eigenvalue weighted by atomic mass is 10.3. The molecular weight excluding hydrogens is 311 g/mol. The van der Waals surface area contributed by atoms with Crippen LogP contribution in [0.25, 0.3) is 0 Å². The van der Waals surface area contributed by atoms with Crippen molar-refractivity contribution < 1.29 is 12.8 Å². The standard InChI is InChI=1S/C11H14ClFN2O2S2/c1-18-11(2-3-11)6-15-19(16,17)9-5-7(12)4-8(14)10(9)13/h4-5,15H,2-3,6,14H2,1H3. The van der Waals surface area contributed by atoms with Gasteiger partial charge in [0.05, 0.1) is 5.69 Å². The van der Waals surface area contributed by atoms with Gasteiger partial charge in [0, 0.05) is 16.3 Å². The summed E-state index contributed by atoms with van der Waals surface area (Å²) in [5, 5.41) is 0.0882. The highest BCUT2D eigenvalue weighted by molar-refractivity contribution is 8.00. The fraction of sp³-hybridized carbons (Fsp3) is 0.455. The second-order valence-corrected chi connectivity index (χ2v) is 7.96. The lowest BCUT2D eigenvalue weighted by Gasteiger charge is -2.14. The Hall–Kier alpha value is -0.500. The molecule has 0 aromatic heterocycles. The van der Waals surface area contributed by atoms with Gasteiger partial charge < -0.3 is 5.73 Å². The van der Waals surface area contributed by atoms with Crippen LogP contribution in [0.3, 0.4) is 0 Å². The number of halogens is 2. The van der Waals surface area contributed by atoms with Gasteiger partial charge in [0.2, 0.25) is 10.0 Å². The van der Waals surface area contributed by atoms with E-state index in [9.17, 15) is 12.8 Å². The lowest BCUT2D eigenvalue weighted by molar-refractivity contribution is 0.557. The van der Waals surface area contributed by atoms with E-state index in [0.717, 1.165) is 18.9 Å². The summed E-state index contributed by atoms with van der Waals surface area (Å²) in [6.07, 6.45) is 3.84. The first-order valence-corrected chi connectivity index (χ1v) is 8.68. The maximum Gasteiger partial charge on any atom is 0.243 e. The number of rotatable bonds is 5. The summed E-state index contributed by atoms with van der Waals surface area (Å²) < 4.78 is 40.3.